The van der Waals surface area contributed by atoms with Gasteiger partial charge < -0.3 is 10.4 Å². The molecule has 0 bridgehead atoms. The highest BCUT2D eigenvalue weighted by Crippen LogP contribution is 2.25. The fraction of sp³-hybridized carbons (Fsp3) is 0. The van der Waals surface area contributed by atoms with E-state index in [9.17, 15) is 9.59 Å². The quantitative estimate of drug-likeness (QED) is 0.844. The van der Waals surface area contributed by atoms with Crippen LogP contribution in [-0.4, -0.2) is 17.0 Å². The van der Waals surface area contributed by atoms with E-state index < -0.39 is 11.9 Å². The summed E-state index contributed by atoms with van der Waals surface area (Å²) in [6.45, 7) is 0. The van der Waals surface area contributed by atoms with Crippen LogP contribution in [0, 0.1) is 0 Å². The van der Waals surface area contributed by atoms with Crippen LogP contribution in [0.25, 0.3) is 0 Å². The van der Waals surface area contributed by atoms with Gasteiger partial charge in [0.15, 0.2) is 0 Å². The largest absolute Gasteiger partial charge is 0.478 e. The minimum atomic E-state index is -1.18. The number of halogens is 2. The van der Waals surface area contributed by atoms with Crippen LogP contribution in [0.1, 0.15) is 0 Å². The number of aliphatic carboxylic acids is 1. The van der Waals surface area contributed by atoms with Crippen LogP contribution >= 0.6 is 27.5 Å². The Bertz CT molecular complexity index is 459. The molecule has 0 aliphatic rings. The Kier molecular flexibility index (Phi) is 4.52. The van der Waals surface area contributed by atoms with Crippen LogP contribution in [0.3, 0.4) is 0 Å². The van der Waals surface area contributed by atoms with Crippen LogP contribution in [0.15, 0.2) is 34.8 Å². The van der Waals surface area contributed by atoms with Gasteiger partial charge in [-0.05, 0) is 34.1 Å². The molecular weight excluding hydrogens is 297 g/mol. The maximum absolute atomic E-state index is 11.2. The topological polar surface area (TPSA) is 66.4 Å². The van der Waals surface area contributed by atoms with Gasteiger partial charge in [-0.3, -0.25) is 4.79 Å². The molecule has 6 heteroatoms. The van der Waals surface area contributed by atoms with E-state index in [-0.39, 0.29) is 0 Å². The van der Waals surface area contributed by atoms with Crippen molar-refractivity contribution in [1.29, 1.82) is 0 Å². The van der Waals surface area contributed by atoms with Gasteiger partial charge in [0.1, 0.15) is 0 Å². The van der Waals surface area contributed by atoms with Gasteiger partial charge in [0.2, 0.25) is 5.91 Å². The lowest BCUT2D eigenvalue weighted by molar-refractivity contribution is -0.131. The van der Waals surface area contributed by atoms with Crippen LogP contribution in [0.5, 0.6) is 0 Å². The van der Waals surface area contributed by atoms with Crippen molar-refractivity contribution in [2.24, 2.45) is 0 Å². The number of carboxylic acid groups (broad SMARTS) is 1. The standard InChI is InChI=1S/C10H7BrClNO3/c11-7-5-6(12)1-2-8(7)13-9(14)3-4-10(15)16/h1-5H,(H,13,14)(H,15,16)/b4-3-. The number of anilines is 1. The summed E-state index contributed by atoms with van der Waals surface area (Å²) in [4.78, 5) is 21.4. The van der Waals surface area contributed by atoms with Crippen LogP contribution in [-0.2, 0) is 9.59 Å². The van der Waals surface area contributed by atoms with Gasteiger partial charge >= 0.3 is 5.97 Å². The molecule has 0 spiro atoms. The summed E-state index contributed by atoms with van der Waals surface area (Å²) < 4.78 is 0.622. The molecule has 0 saturated heterocycles. The number of nitrogens with one attached hydrogen (secondary N) is 1. The Hall–Kier alpha value is -1.33. The van der Waals surface area contributed by atoms with Crippen LogP contribution in [0.4, 0.5) is 5.69 Å². The highest BCUT2D eigenvalue weighted by Gasteiger charge is 2.03. The second kappa shape index (κ2) is 5.67. The highest BCUT2D eigenvalue weighted by atomic mass is 79.9. The van der Waals surface area contributed by atoms with Crippen molar-refractivity contribution in [2.75, 3.05) is 5.32 Å². The van der Waals surface area contributed by atoms with E-state index in [1.54, 1.807) is 18.2 Å². The minimum Gasteiger partial charge on any atom is -0.478 e. The fourth-order valence-electron chi connectivity index (χ4n) is 0.912. The van der Waals surface area contributed by atoms with E-state index in [2.05, 4.69) is 21.2 Å². The molecule has 2 N–H and O–H groups in total. The monoisotopic (exact) mass is 303 g/mol. The zero-order valence-corrected chi connectivity index (χ0v) is 10.2. The predicted molar refractivity (Wildman–Crippen MR) is 64.6 cm³/mol. The number of carbonyl (C=O) groups is 2. The maximum Gasteiger partial charge on any atom is 0.328 e. The summed E-state index contributed by atoms with van der Waals surface area (Å²) in [5, 5.41) is 11.4. The third kappa shape index (κ3) is 4.04. The Labute approximate surface area is 105 Å². The molecular formula is C10H7BrClNO3. The molecule has 0 heterocycles. The van der Waals surface area contributed by atoms with Gasteiger partial charge in [-0.25, -0.2) is 4.79 Å². The third-order valence-electron chi connectivity index (χ3n) is 1.57. The molecule has 1 aromatic rings. The minimum absolute atomic E-state index is 0.518. The van der Waals surface area contributed by atoms with Crippen molar-refractivity contribution in [3.05, 3.63) is 39.8 Å². The molecule has 0 aliphatic carbocycles. The lowest BCUT2D eigenvalue weighted by Crippen LogP contribution is -2.09. The number of rotatable bonds is 3. The van der Waals surface area contributed by atoms with Crippen molar-refractivity contribution < 1.29 is 14.7 Å². The van der Waals surface area contributed by atoms with Crippen molar-refractivity contribution in [3.63, 3.8) is 0 Å². The highest BCUT2D eigenvalue weighted by molar-refractivity contribution is 9.10. The number of amides is 1. The van der Waals surface area contributed by atoms with E-state index in [1.165, 1.54) is 0 Å². The van der Waals surface area contributed by atoms with E-state index in [4.69, 9.17) is 16.7 Å². The molecule has 0 atom stereocenters. The number of hydrogen-bond acceptors (Lipinski definition) is 2. The van der Waals surface area contributed by atoms with Gasteiger partial charge in [-0.1, -0.05) is 11.6 Å². The van der Waals surface area contributed by atoms with Crippen molar-refractivity contribution >= 4 is 45.1 Å². The van der Waals surface area contributed by atoms with E-state index in [0.717, 1.165) is 12.2 Å². The van der Waals surface area contributed by atoms with Crippen molar-refractivity contribution in [3.8, 4) is 0 Å². The fourth-order valence-corrected chi connectivity index (χ4v) is 1.69. The van der Waals surface area contributed by atoms with E-state index >= 15 is 0 Å². The van der Waals surface area contributed by atoms with Gasteiger partial charge in [0, 0.05) is 21.6 Å². The first-order valence-corrected chi connectivity index (χ1v) is 5.33. The second-order valence-electron chi connectivity index (χ2n) is 2.78. The second-order valence-corrected chi connectivity index (χ2v) is 4.08. The summed E-state index contributed by atoms with van der Waals surface area (Å²) in [6, 6.07) is 4.85. The Morgan fingerprint density at radius 3 is 2.62 bits per heavy atom. The Morgan fingerprint density at radius 1 is 1.38 bits per heavy atom. The Balaban J connectivity index is 2.73. The van der Waals surface area contributed by atoms with Crippen molar-refractivity contribution in [1.82, 2.24) is 0 Å². The predicted octanol–water partition coefficient (Wildman–Crippen LogP) is 2.68. The van der Waals surface area contributed by atoms with E-state index in [1.807, 2.05) is 0 Å². The number of carbonyl (C=O) groups excluding carboxylic acids is 1. The molecule has 0 aromatic heterocycles. The molecule has 16 heavy (non-hydrogen) atoms. The Morgan fingerprint density at radius 2 is 2.06 bits per heavy atom. The van der Waals surface area contributed by atoms with E-state index in [0.29, 0.717) is 15.2 Å². The van der Waals surface area contributed by atoms with Crippen LogP contribution in [0.2, 0.25) is 5.02 Å². The van der Waals surface area contributed by atoms with Gasteiger partial charge in [-0.15, -0.1) is 0 Å². The lowest BCUT2D eigenvalue weighted by Gasteiger charge is -2.04. The maximum atomic E-state index is 11.2. The summed E-state index contributed by atoms with van der Waals surface area (Å²) in [5.74, 6) is -1.70. The number of carboxylic acids is 1. The summed E-state index contributed by atoms with van der Waals surface area (Å²) >= 11 is 8.94. The summed E-state index contributed by atoms with van der Waals surface area (Å²) in [5.41, 5.74) is 0.518. The summed E-state index contributed by atoms with van der Waals surface area (Å²) in [6.07, 6.45) is 1.70. The number of benzene rings is 1. The molecule has 1 rings (SSSR count). The van der Waals surface area contributed by atoms with Crippen molar-refractivity contribution in [2.45, 2.75) is 0 Å². The molecule has 0 aliphatic heterocycles. The SMILES string of the molecule is O=C(O)/C=C\C(=O)Nc1ccc(Cl)cc1Br. The average molecular weight is 305 g/mol. The normalized spacial score (nSPS) is 10.4. The summed E-state index contributed by atoms with van der Waals surface area (Å²) in [7, 11) is 0. The molecule has 0 saturated carbocycles. The molecule has 0 unspecified atom stereocenters. The first-order valence-electron chi connectivity index (χ1n) is 4.16. The molecule has 1 amide bonds. The molecule has 84 valence electrons. The van der Waals surface area contributed by atoms with Crippen LogP contribution < -0.4 is 5.32 Å². The lowest BCUT2D eigenvalue weighted by atomic mass is 10.3. The molecule has 4 nitrogen and oxygen atoms in total. The van der Waals surface area contributed by atoms with Gasteiger partial charge in [0.05, 0.1) is 5.69 Å². The molecule has 0 radical (unpaired) electrons. The zero-order valence-electron chi connectivity index (χ0n) is 7.91. The zero-order chi connectivity index (χ0) is 12.1. The van der Waals surface area contributed by atoms with Gasteiger partial charge in [0.25, 0.3) is 0 Å². The third-order valence-corrected chi connectivity index (χ3v) is 2.46. The molecule has 0 fully saturated rings. The first kappa shape index (κ1) is 12.7. The smallest absolute Gasteiger partial charge is 0.328 e. The average Bonchev–Trinajstić information content (AvgIpc) is 2.19. The molecule has 1 aromatic carbocycles. The van der Waals surface area contributed by atoms with Gasteiger partial charge in [-0.2, -0.15) is 0 Å². The first-order chi connectivity index (χ1) is 7.49. The number of hydrogen-bond donors (Lipinski definition) is 2.